The second kappa shape index (κ2) is 11.9. The third-order valence-electron chi connectivity index (χ3n) is 1.98. The van der Waals surface area contributed by atoms with Crippen molar-refractivity contribution in [2.45, 2.75) is 26.8 Å². The zero-order chi connectivity index (χ0) is 13.7. The molecule has 0 amide bonds. The molecule has 0 aliphatic rings. The van der Waals surface area contributed by atoms with Gasteiger partial charge in [0.15, 0.2) is 0 Å². The van der Waals surface area contributed by atoms with Crippen LogP contribution in [0, 0.1) is 0 Å². The van der Waals surface area contributed by atoms with Gasteiger partial charge in [-0.1, -0.05) is 0 Å². The van der Waals surface area contributed by atoms with Gasteiger partial charge in [-0.2, -0.15) is 12.6 Å². The van der Waals surface area contributed by atoms with Crippen molar-refractivity contribution in [2.24, 2.45) is 9.98 Å². The number of hydrogen-bond donors (Lipinski definition) is 1. The van der Waals surface area contributed by atoms with Crippen LogP contribution in [0.3, 0.4) is 0 Å². The first kappa shape index (κ1) is 17.8. The molecular weight excluding hydrogens is 268 g/mol. The van der Waals surface area contributed by atoms with Gasteiger partial charge in [-0.3, -0.25) is 4.99 Å². The molecule has 0 saturated carbocycles. The molecule has 0 aliphatic heterocycles. The lowest BCUT2D eigenvalue weighted by Gasteiger charge is -2.27. The summed E-state index contributed by atoms with van der Waals surface area (Å²) in [5, 5.41) is 0. The van der Waals surface area contributed by atoms with Crippen molar-refractivity contribution in [3.05, 3.63) is 0 Å². The third kappa shape index (κ3) is 7.99. The van der Waals surface area contributed by atoms with E-state index < -0.39 is 8.80 Å². The summed E-state index contributed by atoms with van der Waals surface area (Å²) in [4.78, 5) is 8.13. The number of rotatable bonds is 11. The van der Waals surface area contributed by atoms with Crippen molar-refractivity contribution in [3.63, 3.8) is 0 Å². The molecule has 0 radical (unpaired) electrons. The largest absolute Gasteiger partial charge is 0.502 e. The zero-order valence-electron chi connectivity index (χ0n) is 11.5. The number of hydrogen-bond acceptors (Lipinski definition) is 5. The Bertz CT molecular complexity index is 235. The molecule has 0 heterocycles. The summed E-state index contributed by atoms with van der Waals surface area (Å²) in [7, 11) is -2.54. The fourth-order valence-corrected chi connectivity index (χ4v) is 3.90. The smallest absolute Gasteiger partial charge is 0.374 e. The van der Waals surface area contributed by atoms with E-state index in [4.69, 9.17) is 13.3 Å². The van der Waals surface area contributed by atoms with Gasteiger partial charge in [0.1, 0.15) is 6.34 Å². The fraction of sp³-hybridized carbons (Fsp3) is 0.818. The maximum Gasteiger partial charge on any atom is 0.502 e. The van der Waals surface area contributed by atoms with Crippen LogP contribution in [0.4, 0.5) is 0 Å². The average molecular weight is 292 g/mol. The van der Waals surface area contributed by atoms with Crippen molar-refractivity contribution < 1.29 is 13.3 Å². The molecule has 0 aromatic heterocycles. The Balaban J connectivity index is 4.28. The van der Waals surface area contributed by atoms with E-state index in [0.29, 0.717) is 38.2 Å². The van der Waals surface area contributed by atoms with E-state index in [2.05, 4.69) is 22.6 Å². The van der Waals surface area contributed by atoms with Crippen LogP contribution in [-0.4, -0.2) is 53.5 Å². The van der Waals surface area contributed by atoms with Crippen molar-refractivity contribution in [1.29, 1.82) is 0 Å². The van der Waals surface area contributed by atoms with Gasteiger partial charge in [0.05, 0.1) is 0 Å². The highest BCUT2D eigenvalue weighted by Gasteiger charge is 2.39. The predicted octanol–water partition coefficient (Wildman–Crippen LogP) is 2.06. The Morgan fingerprint density at radius 1 is 1.06 bits per heavy atom. The standard InChI is InChI=1S/C11H24N2O3SSi/c1-4-14-18(15-5-2,16-6-3)10-8-13-11-12-7-9-17/h7,11,17H,4-6,8-10H2,1-3H3. The summed E-state index contributed by atoms with van der Waals surface area (Å²) in [6.07, 6.45) is 3.21. The second-order valence-electron chi connectivity index (χ2n) is 3.27. The lowest BCUT2D eigenvalue weighted by Crippen LogP contribution is -2.46. The summed E-state index contributed by atoms with van der Waals surface area (Å²) in [6, 6.07) is 0.676. The van der Waals surface area contributed by atoms with Crippen LogP contribution < -0.4 is 0 Å². The molecule has 18 heavy (non-hydrogen) atoms. The monoisotopic (exact) mass is 292 g/mol. The summed E-state index contributed by atoms with van der Waals surface area (Å²) >= 11 is 4.01. The van der Waals surface area contributed by atoms with E-state index in [1.165, 1.54) is 6.34 Å². The Morgan fingerprint density at radius 2 is 1.61 bits per heavy atom. The maximum atomic E-state index is 5.71. The van der Waals surface area contributed by atoms with E-state index in [9.17, 15) is 0 Å². The molecule has 0 unspecified atom stereocenters. The van der Waals surface area contributed by atoms with E-state index >= 15 is 0 Å². The average Bonchev–Trinajstić information content (AvgIpc) is 2.35. The maximum absolute atomic E-state index is 5.71. The number of aliphatic imine (C=N–C) groups is 2. The Morgan fingerprint density at radius 3 is 2.06 bits per heavy atom. The van der Waals surface area contributed by atoms with E-state index in [-0.39, 0.29) is 0 Å². The van der Waals surface area contributed by atoms with Crippen LogP contribution >= 0.6 is 12.6 Å². The highest BCUT2D eigenvalue weighted by molar-refractivity contribution is 7.80. The molecule has 0 aromatic rings. The van der Waals surface area contributed by atoms with Crippen LogP contribution in [0.2, 0.25) is 6.04 Å². The van der Waals surface area contributed by atoms with E-state index in [1.807, 2.05) is 20.8 Å². The first-order chi connectivity index (χ1) is 8.74. The van der Waals surface area contributed by atoms with Crippen LogP contribution in [0.1, 0.15) is 20.8 Å². The van der Waals surface area contributed by atoms with E-state index in [1.54, 1.807) is 6.21 Å². The van der Waals surface area contributed by atoms with Gasteiger partial charge >= 0.3 is 8.80 Å². The molecule has 0 bridgehead atoms. The molecular formula is C11H24N2O3SSi. The summed E-state index contributed by atoms with van der Waals surface area (Å²) in [5.74, 6) is 0.613. The van der Waals surface area contributed by atoms with Crippen LogP contribution in [0.5, 0.6) is 0 Å². The molecule has 0 N–H and O–H groups in total. The number of nitrogens with zero attached hydrogens (tertiary/aromatic N) is 2. The van der Waals surface area contributed by atoms with Crippen molar-refractivity contribution >= 4 is 34.0 Å². The first-order valence-corrected chi connectivity index (χ1v) is 8.83. The molecule has 7 heteroatoms. The van der Waals surface area contributed by atoms with Crippen molar-refractivity contribution in [1.82, 2.24) is 0 Å². The van der Waals surface area contributed by atoms with Gasteiger partial charge in [-0.05, 0) is 20.8 Å². The van der Waals surface area contributed by atoms with Gasteiger partial charge in [0.2, 0.25) is 0 Å². The molecule has 0 fully saturated rings. The molecule has 0 saturated heterocycles. The molecule has 0 aliphatic carbocycles. The molecule has 106 valence electrons. The predicted molar refractivity (Wildman–Crippen MR) is 81.1 cm³/mol. The minimum atomic E-state index is -2.54. The minimum absolute atomic E-state index is 0.591. The Kier molecular flexibility index (Phi) is 11.7. The highest BCUT2D eigenvalue weighted by atomic mass is 32.1. The first-order valence-electron chi connectivity index (χ1n) is 6.27. The van der Waals surface area contributed by atoms with E-state index in [0.717, 1.165) is 0 Å². The molecule has 0 atom stereocenters. The topological polar surface area (TPSA) is 52.4 Å². The summed E-state index contributed by atoms with van der Waals surface area (Å²) in [5.41, 5.74) is 0. The third-order valence-corrected chi connectivity index (χ3v) is 5.16. The van der Waals surface area contributed by atoms with Gasteiger partial charge in [-0.25, -0.2) is 4.99 Å². The van der Waals surface area contributed by atoms with Gasteiger partial charge in [-0.15, -0.1) is 0 Å². The normalized spacial score (nSPS) is 12.9. The SMILES string of the molecule is CCO[Si](CCN=CN=CCS)(OCC)OCC. The summed E-state index contributed by atoms with van der Waals surface area (Å²) in [6.45, 7) is 8.20. The van der Waals surface area contributed by atoms with Gasteiger partial charge < -0.3 is 13.3 Å². The van der Waals surface area contributed by atoms with Crippen LogP contribution in [0.15, 0.2) is 9.98 Å². The highest BCUT2D eigenvalue weighted by Crippen LogP contribution is 2.15. The quantitative estimate of drug-likeness (QED) is 0.274. The van der Waals surface area contributed by atoms with Crippen LogP contribution in [0.25, 0.3) is 0 Å². The molecule has 5 nitrogen and oxygen atoms in total. The Hall–Kier alpha value is -0.213. The number of thiol groups is 1. The van der Waals surface area contributed by atoms with Gasteiger partial charge in [0, 0.05) is 44.4 Å². The molecule has 0 rings (SSSR count). The fourth-order valence-electron chi connectivity index (χ4n) is 1.40. The minimum Gasteiger partial charge on any atom is -0.374 e. The molecule has 0 spiro atoms. The molecule has 0 aromatic carbocycles. The lowest BCUT2D eigenvalue weighted by molar-refractivity contribution is 0.0720. The second-order valence-corrected chi connectivity index (χ2v) is 6.37. The van der Waals surface area contributed by atoms with Crippen molar-refractivity contribution in [2.75, 3.05) is 32.1 Å². The van der Waals surface area contributed by atoms with Gasteiger partial charge in [0.25, 0.3) is 0 Å². The zero-order valence-corrected chi connectivity index (χ0v) is 13.4. The lowest BCUT2D eigenvalue weighted by atomic mass is 10.8. The van der Waals surface area contributed by atoms with Crippen molar-refractivity contribution in [3.8, 4) is 0 Å². The Labute approximate surface area is 116 Å². The summed E-state index contributed by atoms with van der Waals surface area (Å²) < 4.78 is 17.1. The van der Waals surface area contributed by atoms with Crippen LogP contribution in [-0.2, 0) is 13.3 Å².